The van der Waals surface area contributed by atoms with Crippen molar-refractivity contribution >= 4 is 17.0 Å². The van der Waals surface area contributed by atoms with Crippen LogP contribution >= 0.6 is 17.0 Å². The van der Waals surface area contributed by atoms with Crippen molar-refractivity contribution in [2.24, 2.45) is 23.5 Å². The minimum atomic E-state index is 0. The van der Waals surface area contributed by atoms with Crippen LogP contribution in [0.5, 0.6) is 0 Å². The van der Waals surface area contributed by atoms with Gasteiger partial charge in [-0.3, -0.25) is 0 Å². The molecule has 15 heavy (non-hydrogen) atoms. The fourth-order valence-corrected chi connectivity index (χ4v) is 4.48. The van der Waals surface area contributed by atoms with Crippen LogP contribution in [0.4, 0.5) is 0 Å². The summed E-state index contributed by atoms with van der Waals surface area (Å²) in [7, 11) is 0. The molecule has 4 saturated carbocycles. The quantitative estimate of drug-likeness (QED) is 0.859. The van der Waals surface area contributed by atoms with Crippen molar-refractivity contribution in [3.63, 3.8) is 0 Å². The maximum absolute atomic E-state index is 6.07. The molecule has 4 aliphatic carbocycles. The monoisotopic (exact) mass is 275 g/mol. The van der Waals surface area contributed by atoms with Gasteiger partial charge in [0.2, 0.25) is 0 Å². The molecule has 88 valence electrons. The highest BCUT2D eigenvalue weighted by molar-refractivity contribution is 8.93. The van der Waals surface area contributed by atoms with Crippen molar-refractivity contribution in [2.75, 3.05) is 13.2 Å². The number of rotatable bonds is 3. The maximum atomic E-state index is 6.07. The summed E-state index contributed by atoms with van der Waals surface area (Å²) >= 11 is 0. The average molecular weight is 276 g/mol. The van der Waals surface area contributed by atoms with Crippen LogP contribution in [0.25, 0.3) is 0 Å². The molecular formula is C12H22BrNO. The highest BCUT2D eigenvalue weighted by Gasteiger charge is 2.51. The van der Waals surface area contributed by atoms with E-state index in [1.54, 1.807) is 0 Å². The van der Waals surface area contributed by atoms with Crippen LogP contribution in [0.1, 0.15) is 38.5 Å². The van der Waals surface area contributed by atoms with Gasteiger partial charge in [0.25, 0.3) is 0 Å². The first-order valence-corrected chi connectivity index (χ1v) is 6.14. The van der Waals surface area contributed by atoms with Crippen molar-refractivity contribution < 1.29 is 4.74 Å². The van der Waals surface area contributed by atoms with Crippen molar-refractivity contribution in [3.8, 4) is 0 Å². The van der Waals surface area contributed by atoms with Crippen LogP contribution in [0, 0.1) is 17.8 Å². The van der Waals surface area contributed by atoms with Crippen LogP contribution in [0.3, 0.4) is 0 Å². The van der Waals surface area contributed by atoms with Crippen molar-refractivity contribution in [1.29, 1.82) is 0 Å². The zero-order chi connectivity index (χ0) is 9.60. The van der Waals surface area contributed by atoms with E-state index < -0.39 is 0 Å². The Labute approximate surface area is 103 Å². The number of nitrogens with two attached hydrogens (primary N) is 1. The second-order valence-electron chi connectivity index (χ2n) is 5.74. The molecule has 2 nitrogen and oxygen atoms in total. The van der Waals surface area contributed by atoms with E-state index in [2.05, 4.69) is 0 Å². The lowest BCUT2D eigenvalue weighted by molar-refractivity contribution is -0.160. The van der Waals surface area contributed by atoms with Gasteiger partial charge in [-0.1, -0.05) is 0 Å². The molecule has 0 spiro atoms. The summed E-state index contributed by atoms with van der Waals surface area (Å²) in [5.41, 5.74) is 5.80. The van der Waals surface area contributed by atoms with Crippen LogP contribution in [-0.2, 0) is 4.74 Å². The third kappa shape index (κ3) is 2.11. The maximum Gasteiger partial charge on any atom is 0.0691 e. The minimum Gasteiger partial charge on any atom is -0.374 e. The topological polar surface area (TPSA) is 35.2 Å². The van der Waals surface area contributed by atoms with E-state index in [-0.39, 0.29) is 22.6 Å². The number of hydrogen-bond acceptors (Lipinski definition) is 2. The molecule has 0 atom stereocenters. The average Bonchev–Trinajstić information content (AvgIpc) is 2.12. The molecular weight excluding hydrogens is 254 g/mol. The molecule has 3 heteroatoms. The van der Waals surface area contributed by atoms with Crippen LogP contribution in [-0.4, -0.2) is 18.8 Å². The van der Waals surface area contributed by atoms with Gasteiger partial charge in [-0.05, 0) is 56.3 Å². The molecule has 4 aliphatic rings. The van der Waals surface area contributed by atoms with E-state index in [9.17, 15) is 0 Å². The first-order valence-electron chi connectivity index (χ1n) is 6.14. The van der Waals surface area contributed by atoms with E-state index in [1.165, 1.54) is 38.5 Å². The molecule has 2 N–H and O–H groups in total. The first kappa shape index (κ1) is 11.9. The molecule has 0 aromatic heterocycles. The van der Waals surface area contributed by atoms with Gasteiger partial charge in [0.15, 0.2) is 0 Å². The summed E-state index contributed by atoms with van der Waals surface area (Å²) in [4.78, 5) is 0. The Hall–Kier alpha value is 0.400. The summed E-state index contributed by atoms with van der Waals surface area (Å²) in [5.74, 6) is 2.96. The van der Waals surface area contributed by atoms with Gasteiger partial charge < -0.3 is 10.5 Å². The second kappa shape index (κ2) is 4.34. The molecule has 4 bridgehead atoms. The molecule has 0 aromatic carbocycles. The Morgan fingerprint density at radius 1 is 1.00 bits per heavy atom. The number of halogens is 1. The zero-order valence-corrected chi connectivity index (χ0v) is 11.0. The Morgan fingerprint density at radius 2 is 1.47 bits per heavy atom. The fraction of sp³-hybridized carbons (Fsp3) is 1.00. The van der Waals surface area contributed by atoms with Crippen molar-refractivity contribution in [2.45, 2.75) is 44.1 Å². The fourth-order valence-electron chi connectivity index (χ4n) is 4.48. The Balaban J connectivity index is 0.000000853. The van der Waals surface area contributed by atoms with Crippen molar-refractivity contribution in [3.05, 3.63) is 0 Å². The zero-order valence-electron chi connectivity index (χ0n) is 9.28. The van der Waals surface area contributed by atoms with E-state index in [0.29, 0.717) is 6.54 Å². The molecule has 0 unspecified atom stereocenters. The summed E-state index contributed by atoms with van der Waals surface area (Å²) in [6, 6.07) is 0. The lowest BCUT2D eigenvalue weighted by Gasteiger charge is -2.56. The summed E-state index contributed by atoms with van der Waals surface area (Å²) in [6.45, 7) is 1.45. The summed E-state index contributed by atoms with van der Waals surface area (Å²) < 4.78 is 6.07. The normalized spacial score (nSPS) is 46.6. The smallest absolute Gasteiger partial charge is 0.0691 e. The standard InChI is InChI=1S/C12H21NO.BrH/c13-1-2-14-12-6-9-3-10(7-12)5-11(4-9)8-12;/h9-11H,1-8,13H2;1H. The first-order chi connectivity index (χ1) is 6.80. The molecule has 4 rings (SSSR count). The highest BCUT2D eigenvalue weighted by Crippen LogP contribution is 2.56. The highest BCUT2D eigenvalue weighted by atomic mass is 79.9. The van der Waals surface area contributed by atoms with E-state index in [1.807, 2.05) is 0 Å². The number of ether oxygens (including phenoxy) is 1. The van der Waals surface area contributed by atoms with E-state index >= 15 is 0 Å². The van der Waals surface area contributed by atoms with Gasteiger partial charge in [-0.2, -0.15) is 0 Å². The third-order valence-corrected chi connectivity index (χ3v) is 4.51. The minimum absolute atomic E-state index is 0. The van der Waals surface area contributed by atoms with Gasteiger partial charge in [0.05, 0.1) is 12.2 Å². The van der Waals surface area contributed by atoms with Gasteiger partial charge in [-0.15, -0.1) is 17.0 Å². The second-order valence-corrected chi connectivity index (χ2v) is 5.74. The van der Waals surface area contributed by atoms with Gasteiger partial charge in [-0.25, -0.2) is 0 Å². The molecule has 0 aliphatic heterocycles. The predicted octanol–water partition coefficient (Wildman–Crippen LogP) is 2.51. The van der Waals surface area contributed by atoms with Crippen LogP contribution < -0.4 is 5.73 Å². The van der Waals surface area contributed by atoms with Gasteiger partial charge in [0.1, 0.15) is 0 Å². The SMILES string of the molecule is Br.NCCOC12CC3CC(CC(C3)C1)C2. The summed E-state index contributed by atoms with van der Waals surface area (Å²) in [5, 5.41) is 0. The van der Waals surface area contributed by atoms with E-state index in [0.717, 1.165) is 24.4 Å². The number of hydrogen-bond donors (Lipinski definition) is 1. The molecule has 0 heterocycles. The molecule has 0 amide bonds. The van der Waals surface area contributed by atoms with Crippen LogP contribution in [0.15, 0.2) is 0 Å². The molecule has 4 fully saturated rings. The van der Waals surface area contributed by atoms with Crippen molar-refractivity contribution in [1.82, 2.24) is 0 Å². The third-order valence-electron chi connectivity index (χ3n) is 4.51. The lowest BCUT2D eigenvalue weighted by Crippen LogP contribution is -2.52. The molecule has 0 saturated heterocycles. The Morgan fingerprint density at radius 3 is 1.87 bits per heavy atom. The van der Waals surface area contributed by atoms with Gasteiger partial charge >= 0.3 is 0 Å². The molecule has 0 radical (unpaired) electrons. The van der Waals surface area contributed by atoms with Gasteiger partial charge in [0, 0.05) is 6.54 Å². The lowest BCUT2D eigenvalue weighted by atomic mass is 9.54. The molecule has 0 aromatic rings. The van der Waals surface area contributed by atoms with Crippen LogP contribution in [0.2, 0.25) is 0 Å². The predicted molar refractivity (Wildman–Crippen MR) is 66.2 cm³/mol. The Bertz CT molecular complexity index is 196. The Kier molecular flexibility index (Phi) is 3.44. The largest absolute Gasteiger partial charge is 0.374 e. The van der Waals surface area contributed by atoms with E-state index in [4.69, 9.17) is 10.5 Å². The summed E-state index contributed by atoms with van der Waals surface area (Å²) in [6.07, 6.45) is 8.47.